The molecule has 0 unspecified atom stereocenters. The van der Waals surface area contributed by atoms with Crippen molar-refractivity contribution >= 4 is 11.6 Å². The van der Waals surface area contributed by atoms with E-state index in [9.17, 15) is 4.39 Å². The number of rotatable bonds is 1. The maximum absolute atomic E-state index is 13.2. The number of hydrogen-bond donors (Lipinski definition) is 0. The van der Waals surface area contributed by atoms with Crippen molar-refractivity contribution in [2.24, 2.45) is 0 Å². The van der Waals surface area contributed by atoms with Crippen LogP contribution in [0.2, 0.25) is 5.02 Å². The molecule has 0 radical (unpaired) electrons. The van der Waals surface area contributed by atoms with Crippen molar-refractivity contribution in [3.63, 3.8) is 0 Å². The number of halogens is 2. The fraction of sp³-hybridized carbons (Fsp3) is 0.400. The molecule has 0 heterocycles. The van der Waals surface area contributed by atoms with Crippen molar-refractivity contribution in [3.05, 3.63) is 34.1 Å². The van der Waals surface area contributed by atoms with Gasteiger partial charge in [0, 0.05) is 0 Å². The Balaban J connectivity index is 3.27. The molecule has 1 aromatic rings. The molecular weight excluding hydrogens is 175 g/mol. The molecule has 0 N–H and O–H groups in total. The zero-order valence-corrected chi connectivity index (χ0v) is 8.24. The molecule has 0 nitrogen and oxygen atoms in total. The van der Waals surface area contributed by atoms with E-state index >= 15 is 0 Å². The van der Waals surface area contributed by atoms with E-state index in [0.717, 1.165) is 5.56 Å². The Morgan fingerprint density at radius 3 is 2.42 bits per heavy atom. The van der Waals surface area contributed by atoms with E-state index in [1.54, 1.807) is 13.0 Å². The SMILES string of the molecule is Cc1c(C(C)C)ccc(Cl)c1F. The zero-order chi connectivity index (χ0) is 9.30. The van der Waals surface area contributed by atoms with Gasteiger partial charge < -0.3 is 0 Å². The van der Waals surface area contributed by atoms with E-state index in [2.05, 4.69) is 0 Å². The first-order valence-corrected chi connectivity index (χ1v) is 4.36. The molecular formula is C10H12ClF. The minimum absolute atomic E-state index is 0.205. The van der Waals surface area contributed by atoms with Crippen LogP contribution in [0.4, 0.5) is 4.39 Å². The molecule has 0 aromatic heterocycles. The maximum Gasteiger partial charge on any atom is 0.144 e. The van der Waals surface area contributed by atoms with Gasteiger partial charge in [-0.1, -0.05) is 31.5 Å². The molecule has 0 aliphatic rings. The molecule has 0 saturated heterocycles. The van der Waals surface area contributed by atoms with Crippen molar-refractivity contribution in [1.29, 1.82) is 0 Å². The minimum atomic E-state index is -0.289. The first-order valence-electron chi connectivity index (χ1n) is 3.98. The number of benzene rings is 1. The van der Waals surface area contributed by atoms with Gasteiger partial charge in [0.1, 0.15) is 5.82 Å². The van der Waals surface area contributed by atoms with Crippen LogP contribution < -0.4 is 0 Å². The zero-order valence-electron chi connectivity index (χ0n) is 7.49. The summed E-state index contributed by atoms with van der Waals surface area (Å²) in [6, 6.07) is 3.49. The van der Waals surface area contributed by atoms with Gasteiger partial charge in [-0.15, -0.1) is 0 Å². The summed E-state index contributed by atoms with van der Waals surface area (Å²) in [4.78, 5) is 0. The average molecular weight is 187 g/mol. The van der Waals surface area contributed by atoms with Gasteiger partial charge in [0.05, 0.1) is 5.02 Å². The normalized spacial score (nSPS) is 10.8. The lowest BCUT2D eigenvalue weighted by atomic mass is 9.98. The van der Waals surface area contributed by atoms with Crippen LogP contribution in [-0.2, 0) is 0 Å². The van der Waals surface area contributed by atoms with Crippen LogP contribution in [-0.4, -0.2) is 0 Å². The van der Waals surface area contributed by atoms with E-state index in [-0.39, 0.29) is 10.8 Å². The Morgan fingerprint density at radius 1 is 1.33 bits per heavy atom. The average Bonchev–Trinajstić information content (AvgIpc) is 2.00. The van der Waals surface area contributed by atoms with Gasteiger partial charge in [-0.05, 0) is 30.0 Å². The summed E-state index contributed by atoms with van der Waals surface area (Å²) >= 11 is 5.62. The van der Waals surface area contributed by atoms with Gasteiger partial charge in [0.2, 0.25) is 0 Å². The predicted octanol–water partition coefficient (Wildman–Crippen LogP) is 3.91. The molecule has 0 bridgehead atoms. The second-order valence-electron chi connectivity index (χ2n) is 3.23. The predicted molar refractivity (Wildman–Crippen MR) is 50.2 cm³/mol. The number of hydrogen-bond acceptors (Lipinski definition) is 0. The highest BCUT2D eigenvalue weighted by atomic mass is 35.5. The highest BCUT2D eigenvalue weighted by molar-refractivity contribution is 6.30. The van der Waals surface area contributed by atoms with Crippen LogP contribution in [0.3, 0.4) is 0 Å². The lowest BCUT2D eigenvalue weighted by Gasteiger charge is -2.10. The monoisotopic (exact) mass is 186 g/mol. The smallest absolute Gasteiger partial charge is 0.144 e. The Hall–Kier alpha value is -0.560. The van der Waals surface area contributed by atoms with Crippen LogP contribution in [0, 0.1) is 12.7 Å². The van der Waals surface area contributed by atoms with Gasteiger partial charge in [0.15, 0.2) is 0 Å². The van der Waals surface area contributed by atoms with Crippen molar-refractivity contribution in [1.82, 2.24) is 0 Å². The van der Waals surface area contributed by atoms with E-state index in [4.69, 9.17) is 11.6 Å². The fourth-order valence-electron chi connectivity index (χ4n) is 1.29. The lowest BCUT2D eigenvalue weighted by Crippen LogP contribution is -1.95. The summed E-state index contributed by atoms with van der Waals surface area (Å²) in [5.41, 5.74) is 1.69. The quantitative estimate of drug-likeness (QED) is 0.624. The first-order chi connectivity index (χ1) is 5.54. The fourth-order valence-corrected chi connectivity index (χ4v) is 1.50. The van der Waals surface area contributed by atoms with Crippen molar-refractivity contribution in [3.8, 4) is 0 Å². The van der Waals surface area contributed by atoms with E-state index in [1.165, 1.54) is 0 Å². The summed E-state index contributed by atoms with van der Waals surface area (Å²) in [5, 5.41) is 0.205. The summed E-state index contributed by atoms with van der Waals surface area (Å²) in [5.74, 6) is 0.0552. The van der Waals surface area contributed by atoms with Crippen LogP contribution >= 0.6 is 11.6 Å². The highest BCUT2D eigenvalue weighted by Gasteiger charge is 2.09. The van der Waals surface area contributed by atoms with Crippen molar-refractivity contribution < 1.29 is 4.39 Å². The summed E-state index contributed by atoms with van der Waals surface area (Å²) in [6.45, 7) is 5.84. The lowest BCUT2D eigenvalue weighted by molar-refractivity contribution is 0.613. The van der Waals surface area contributed by atoms with Gasteiger partial charge in [-0.25, -0.2) is 4.39 Å². The maximum atomic E-state index is 13.2. The van der Waals surface area contributed by atoms with Gasteiger partial charge in [-0.3, -0.25) is 0 Å². The Bertz CT molecular complexity index is 292. The molecule has 1 rings (SSSR count). The summed E-state index contributed by atoms with van der Waals surface area (Å²) < 4.78 is 13.2. The molecule has 0 aliphatic carbocycles. The largest absolute Gasteiger partial charge is 0.205 e. The van der Waals surface area contributed by atoms with Crippen molar-refractivity contribution in [2.75, 3.05) is 0 Å². The van der Waals surface area contributed by atoms with Gasteiger partial charge in [-0.2, -0.15) is 0 Å². The summed E-state index contributed by atoms with van der Waals surface area (Å²) in [7, 11) is 0. The van der Waals surface area contributed by atoms with E-state index in [0.29, 0.717) is 11.5 Å². The molecule has 1 aromatic carbocycles. The molecule has 0 saturated carbocycles. The highest BCUT2D eigenvalue weighted by Crippen LogP contribution is 2.25. The Morgan fingerprint density at radius 2 is 1.92 bits per heavy atom. The van der Waals surface area contributed by atoms with E-state index in [1.807, 2.05) is 19.9 Å². The molecule has 0 amide bonds. The second kappa shape index (κ2) is 3.44. The molecule has 12 heavy (non-hydrogen) atoms. The molecule has 0 atom stereocenters. The summed E-state index contributed by atoms with van der Waals surface area (Å²) in [6.07, 6.45) is 0. The third-order valence-electron chi connectivity index (χ3n) is 2.00. The van der Waals surface area contributed by atoms with Crippen LogP contribution in [0.1, 0.15) is 30.9 Å². The van der Waals surface area contributed by atoms with Crippen LogP contribution in [0.25, 0.3) is 0 Å². The van der Waals surface area contributed by atoms with Crippen LogP contribution in [0.5, 0.6) is 0 Å². The topological polar surface area (TPSA) is 0 Å². The van der Waals surface area contributed by atoms with Crippen LogP contribution in [0.15, 0.2) is 12.1 Å². The molecule has 2 heteroatoms. The van der Waals surface area contributed by atoms with Gasteiger partial charge in [0.25, 0.3) is 0 Å². The Kier molecular flexibility index (Phi) is 2.73. The minimum Gasteiger partial charge on any atom is -0.205 e. The van der Waals surface area contributed by atoms with E-state index < -0.39 is 0 Å². The first kappa shape index (κ1) is 9.53. The van der Waals surface area contributed by atoms with Crippen molar-refractivity contribution in [2.45, 2.75) is 26.7 Å². The second-order valence-corrected chi connectivity index (χ2v) is 3.64. The standard InChI is InChI=1S/C10H12ClF/c1-6(2)8-4-5-9(11)10(12)7(8)3/h4-6H,1-3H3. The molecule has 0 fully saturated rings. The third-order valence-corrected chi connectivity index (χ3v) is 2.30. The molecule has 0 spiro atoms. The molecule has 0 aliphatic heterocycles. The Labute approximate surface area is 77.4 Å². The van der Waals surface area contributed by atoms with Gasteiger partial charge >= 0.3 is 0 Å². The molecule has 66 valence electrons. The third kappa shape index (κ3) is 1.61.